The van der Waals surface area contributed by atoms with E-state index in [9.17, 15) is 4.79 Å². The highest BCUT2D eigenvalue weighted by Gasteiger charge is 2.22. The Balaban J connectivity index is 2.67. The van der Waals surface area contributed by atoms with Gasteiger partial charge in [-0.05, 0) is 39.8 Å². The van der Waals surface area contributed by atoms with Gasteiger partial charge in [0, 0.05) is 28.4 Å². The molecular weight excluding hydrogens is 234 g/mol. The summed E-state index contributed by atoms with van der Waals surface area (Å²) in [5.74, 6) is -0.735. The molecule has 1 N–H and O–H groups in total. The lowest BCUT2D eigenvalue weighted by molar-refractivity contribution is -0.137. The van der Waals surface area contributed by atoms with E-state index in [2.05, 4.69) is 44.7 Å². The quantitative estimate of drug-likeness (QED) is 0.878. The Kier molecular flexibility index (Phi) is 4.71. The molecule has 1 heterocycles. The molecule has 0 aromatic carbocycles. The molecule has 0 atom stereocenters. The minimum atomic E-state index is -0.735. The van der Waals surface area contributed by atoms with Crippen molar-refractivity contribution in [3.63, 3.8) is 0 Å². The van der Waals surface area contributed by atoms with E-state index in [0.29, 0.717) is 6.54 Å². The number of thiophene rings is 1. The zero-order chi connectivity index (χ0) is 13.1. The van der Waals surface area contributed by atoms with Crippen molar-refractivity contribution < 1.29 is 9.90 Å². The first kappa shape index (κ1) is 14.2. The van der Waals surface area contributed by atoms with Crippen LogP contribution in [0.1, 0.15) is 36.9 Å². The van der Waals surface area contributed by atoms with Crippen LogP contribution in [0.2, 0.25) is 0 Å². The zero-order valence-electron chi connectivity index (χ0n) is 11.0. The average molecular weight is 255 g/mol. The van der Waals surface area contributed by atoms with Crippen molar-refractivity contribution in [1.82, 2.24) is 4.90 Å². The summed E-state index contributed by atoms with van der Waals surface area (Å²) in [7, 11) is 0. The topological polar surface area (TPSA) is 40.5 Å². The zero-order valence-corrected chi connectivity index (χ0v) is 11.8. The lowest BCUT2D eigenvalue weighted by Crippen LogP contribution is -2.41. The van der Waals surface area contributed by atoms with Gasteiger partial charge in [0.2, 0.25) is 0 Å². The van der Waals surface area contributed by atoms with Crippen molar-refractivity contribution >= 4 is 17.3 Å². The number of carboxylic acids is 1. The highest BCUT2D eigenvalue weighted by Crippen LogP contribution is 2.22. The van der Waals surface area contributed by atoms with Crippen LogP contribution in [0.4, 0.5) is 0 Å². The largest absolute Gasteiger partial charge is 0.481 e. The van der Waals surface area contributed by atoms with Crippen molar-refractivity contribution in [1.29, 1.82) is 0 Å². The van der Waals surface area contributed by atoms with Gasteiger partial charge in [0.1, 0.15) is 0 Å². The Morgan fingerprint density at radius 2 is 2.06 bits per heavy atom. The van der Waals surface area contributed by atoms with Crippen LogP contribution in [0.5, 0.6) is 0 Å². The molecule has 0 spiro atoms. The van der Waals surface area contributed by atoms with Crippen molar-refractivity contribution in [2.45, 2.75) is 46.2 Å². The number of rotatable bonds is 5. The van der Waals surface area contributed by atoms with Crippen molar-refractivity contribution in [2.75, 3.05) is 6.54 Å². The summed E-state index contributed by atoms with van der Waals surface area (Å²) in [6, 6.07) is 4.23. The number of nitrogens with zero attached hydrogens (tertiary/aromatic N) is 1. The van der Waals surface area contributed by atoms with Gasteiger partial charge in [-0.25, -0.2) is 0 Å². The van der Waals surface area contributed by atoms with E-state index >= 15 is 0 Å². The molecule has 0 unspecified atom stereocenters. The molecule has 96 valence electrons. The molecule has 0 aliphatic heterocycles. The van der Waals surface area contributed by atoms with Gasteiger partial charge in [-0.1, -0.05) is 0 Å². The normalized spacial score (nSPS) is 12.1. The van der Waals surface area contributed by atoms with E-state index in [1.807, 2.05) is 0 Å². The second-order valence-electron chi connectivity index (χ2n) is 5.25. The summed E-state index contributed by atoms with van der Waals surface area (Å²) in [6.45, 7) is 9.87. The van der Waals surface area contributed by atoms with Gasteiger partial charge < -0.3 is 5.11 Å². The van der Waals surface area contributed by atoms with Gasteiger partial charge >= 0.3 is 5.97 Å². The Labute approximate surface area is 107 Å². The maximum atomic E-state index is 10.7. The van der Waals surface area contributed by atoms with Gasteiger partial charge in [-0.3, -0.25) is 9.69 Å². The molecule has 4 heteroatoms. The molecule has 17 heavy (non-hydrogen) atoms. The maximum Gasteiger partial charge on any atom is 0.304 e. The summed E-state index contributed by atoms with van der Waals surface area (Å²) in [6.07, 6.45) is 0.196. The van der Waals surface area contributed by atoms with E-state index in [1.165, 1.54) is 9.75 Å². The summed E-state index contributed by atoms with van der Waals surface area (Å²) in [5, 5.41) is 8.77. The highest BCUT2D eigenvalue weighted by molar-refractivity contribution is 7.11. The fourth-order valence-corrected chi connectivity index (χ4v) is 2.55. The molecule has 0 amide bonds. The monoisotopic (exact) mass is 255 g/mol. The molecule has 0 radical (unpaired) electrons. The maximum absolute atomic E-state index is 10.7. The number of aliphatic carboxylic acids is 1. The SMILES string of the molecule is Cc1ccc(CN(CCC(=O)O)C(C)(C)C)s1. The number of carboxylic acid groups (broad SMARTS) is 1. The molecule has 3 nitrogen and oxygen atoms in total. The summed E-state index contributed by atoms with van der Waals surface area (Å²) < 4.78 is 0. The van der Waals surface area contributed by atoms with Crippen molar-refractivity contribution in [3.05, 3.63) is 21.9 Å². The third-order valence-corrected chi connectivity index (χ3v) is 3.67. The lowest BCUT2D eigenvalue weighted by Gasteiger charge is -2.35. The van der Waals surface area contributed by atoms with E-state index < -0.39 is 5.97 Å². The van der Waals surface area contributed by atoms with Crippen LogP contribution in [-0.2, 0) is 11.3 Å². The second kappa shape index (κ2) is 5.65. The summed E-state index contributed by atoms with van der Waals surface area (Å²) in [4.78, 5) is 15.5. The van der Waals surface area contributed by atoms with Crippen molar-refractivity contribution in [2.24, 2.45) is 0 Å². The van der Waals surface area contributed by atoms with Gasteiger partial charge in [-0.15, -0.1) is 11.3 Å². The highest BCUT2D eigenvalue weighted by atomic mass is 32.1. The number of hydrogen-bond donors (Lipinski definition) is 1. The fraction of sp³-hybridized carbons (Fsp3) is 0.615. The Morgan fingerprint density at radius 1 is 1.41 bits per heavy atom. The number of carbonyl (C=O) groups is 1. The predicted molar refractivity (Wildman–Crippen MR) is 71.5 cm³/mol. The van der Waals surface area contributed by atoms with E-state index in [0.717, 1.165) is 6.54 Å². The standard InChI is InChI=1S/C13H21NO2S/c1-10-5-6-11(17-10)9-14(13(2,3)4)8-7-12(15)16/h5-6H,7-9H2,1-4H3,(H,15,16). The van der Waals surface area contributed by atoms with E-state index in [-0.39, 0.29) is 12.0 Å². The van der Waals surface area contributed by atoms with Crippen LogP contribution >= 0.6 is 11.3 Å². The molecule has 0 saturated carbocycles. The van der Waals surface area contributed by atoms with E-state index in [1.54, 1.807) is 11.3 Å². The average Bonchev–Trinajstić information content (AvgIpc) is 2.56. The number of aryl methyl sites for hydroxylation is 1. The predicted octanol–water partition coefficient (Wildman–Crippen LogP) is 3.13. The minimum Gasteiger partial charge on any atom is -0.481 e. The first-order chi connectivity index (χ1) is 7.79. The first-order valence-electron chi connectivity index (χ1n) is 5.81. The molecule has 0 bridgehead atoms. The van der Waals surface area contributed by atoms with Crippen molar-refractivity contribution in [3.8, 4) is 0 Å². The number of hydrogen-bond acceptors (Lipinski definition) is 3. The molecule has 1 aromatic heterocycles. The van der Waals surface area contributed by atoms with Crippen LogP contribution in [0.3, 0.4) is 0 Å². The smallest absolute Gasteiger partial charge is 0.304 e. The van der Waals surface area contributed by atoms with Crippen LogP contribution in [0.15, 0.2) is 12.1 Å². The minimum absolute atomic E-state index is 0.00660. The van der Waals surface area contributed by atoms with Crippen LogP contribution in [-0.4, -0.2) is 28.1 Å². The third kappa shape index (κ3) is 4.88. The van der Waals surface area contributed by atoms with Crippen LogP contribution in [0.25, 0.3) is 0 Å². The lowest BCUT2D eigenvalue weighted by atomic mass is 10.1. The Morgan fingerprint density at radius 3 is 2.47 bits per heavy atom. The van der Waals surface area contributed by atoms with Gasteiger partial charge in [0.25, 0.3) is 0 Å². The molecular formula is C13H21NO2S. The third-order valence-electron chi connectivity index (χ3n) is 2.69. The fourth-order valence-electron chi connectivity index (χ4n) is 1.64. The Hall–Kier alpha value is -0.870. The van der Waals surface area contributed by atoms with Gasteiger partial charge in [0.15, 0.2) is 0 Å². The summed E-state index contributed by atoms with van der Waals surface area (Å²) >= 11 is 1.78. The van der Waals surface area contributed by atoms with Gasteiger partial charge in [0.05, 0.1) is 6.42 Å². The van der Waals surface area contributed by atoms with Crippen LogP contribution in [0, 0.1) is 6.92 Å². The molecule has 0 fully saturated rings. The van der Waals surface area contributed by atoms with Gasteiger partial charge in [-0.2, -0.15) is 0 Å². The summed E-state index contributed by atoms with van der Waals surface area (Å²) in [5.41, 5.74) is -0.00660. The molecule has 0 aliphatic carbocycles. The molecule has 0 aliphatic rings. The molecule has 1 aromatic rings. The molecule has 0 saturated heterocycles. The molecule has 1 rings (SSSR count). The first-order valence-corrected chi connectivity index (χ1v) is 6.63. The van der Waals surface area contributed by atoms with E-state index in [4.69, 9.17) is 5.11 Å². The van der Waals surface area contributed by atoms with Crippen LogP contribution < -0.4 is 0 Å². The second-order valence-corrected chi connectivity index (χ2v) is 6.62. The Bertz CT molecular complexity index is 379.